The summed E-state index contributed by atoms with van der Waals surface area (Å²) in [6, 6.07) is 10.6. The van der Waals surface area contributed by atoms with Crippen LogP contribution >= 0.6 is 11.6 Å². The van der Waals surface area contributed by atoms with Crippen LogP contribution in [0.3, 0.4) is 0 Å². The number of nitrogens with one attached hydrogen (secondary N) is 1. The average Bonchev–Trinajstić information content (AvgIpc) is 3.10. The SMILES string of the molecule is Cn1ccnc1[C@@H](NC(=O)COc1ccc(C(F)(F)F)cc1)c1ccc(Cl)cc1. The van der Waals surface area contributed by atoms with Gasteiger partial charge in [0.1, 0.15) is 17.6 Å². The van der Waals surface area contributed by atoms with Crippen molar-refractivity contribution in [1.29, 1.82) is 0 Å². The van der Waals surface area contributed by atoms with E-state index in [-0.39, 0.29) is 12.4 Å². The lowest BCUT2D eigenvalue weighted by Gasteiger charge is -2.19. The number of alkyl halides is 3. The molecule has 1 aromatic heterocycles. The molecule has 0 saturated heterocycles. The van der Waals surface area contributed by atoms with E-state index in [4.69, 9.17) is 16.3 Å². The molecule has 0 saturated carbocycles. The van der Waals surface area contributed by atoms with Gasteiger partial charge < -0.3 is 14.6 Å². The van der Waals surface area contributed by atoms with Gasteiger partial charge in [0.25, 0.3) is 5.91 Å². The molecule has 2 aromatic carbocycles. The largest absolute Gasteiger partial charge is 0.484 e. The minimum Gasteiger partial charge on any atom is -0.484 e. The summed E-state index contributed by atoms with van der Waals surface area (Å²) in [6.45, 7) is -0.361. The predicted molar refractivity (Wildman–Crippen MR) is 102 cm³/mol. The average molecular weight is 424 g/mol. The number of imidazole rings is 1. The maximum absolute atomic E-state index is 12.6. The Kier molecular flexibility index (Phi) is 6.12. The summed E-state index contributed by atoms with van der Waals surface area (Å²) in [4.78, 5) is 16.7. The molecule has 0 aliphatic rings. The van der Waals surface area contributed by atoms with Crippen LogP contribution < -0.4 is 10.1 Å². The quantitative estimate of drug-likeness (QED) is 0.640. The van der Waals surface area contributed by atoms with Crippen LogP contribution in [0.15, 0.2) is 60.9 Å². The molecule has 0 fully saturated rings. The Bertz CT molecular complexity index is 970. The van der Waals surface area contributed by atoms with Crippen molar-refractivity contribution in [1.82, 2.24) is 14.9 Å². The minimum atomic E-state index is -4.43. The molecule has 3 aromatic rings. The van der Waals surface area contributed by atoms with E-state index in [0.717, 1.165) is 17.7 Å². The molecule has 0 bridgehead atoms. The van der Waals surface area contributed by atoms with Crippen molar-refractivity contribution in [2.75, 3.05) is 6.61 Å². The molecule has 29 heavy (non-hydrogen) atoms. The van der Waals surface area contributed by atoms with Gasteiger partial charge in [0.15, 0.2) is 6.61 Å². The summed E-state index contributed by atoms with van der Waals surface area (Å²) >= 11 is 5.94. The molecule has 0 aliphatic heterocycles. The maximum atomic E-state index is 12.6. The topological polar surface area (TPSA) is 56.2 Å². The van der Waals surface area contributed by atoms with Gasteiger partial charge in [-0.15, -0.1) is 0 Å². The number of halogens is 4. The van der Waals surface area contributed by atoms with Crippen LogP contribution in [0.5, 0.6) is 5.75 Å². The number of amides is 1. The van der Waals surface area contributed by atoms with Gasteiger partial charge in [-0.3, -0.25) is 4.79 Å². The maximum Gasteiger partial charge on any atom is 0.416 e. The van der Waals surface area contributed by atoms with Crippen molar-refractivity contribution >= 4 is 17.5 Å². The first kappa shape index (κ1) is 20.7. The number of hydrogen-bond acceptors (Lipinski definition) is 3. The van der Waals surface area contributed by atoms with Gasteiger partial charge in [-0.1, -0.05) is 23.7 Å². The second-order valence-corrected chi connectivity index (χ2v) is 6.70. The molecule has 5 nitrogen and oxygen atoms in total. The Labute approximate surface area is 170 Å². The third kappa shape index (κ3) is 5.29. The third-order valence-electron chi connectivity index (χ3n) is 4.18. The first-order valence-electron chi connectivity index (χ1n) is 8.56. The highest BCUT2D eigenvalue weighted by atomic mass is 35.5. The van der Waals surface area contributed by atoms with E-state index >= 15 is 0 Å². The van der Waals surface area contributed by atoms with E-state index in [1.165, 1.54) is 12.1 Å². The van der Waals surface area contributed by atoms with Gasteiger partial charge >= 0.3 is 6.18 Å². The second kappa shape index (κ2) is 8.57. The van der Waals surface area contributed by atoms with Crippen LogP contribution in [0, 0.1) is 0 Å². The van der Waals surface area contributed by atoms with Crippen LogP contribution in [0.25, 0.3) is 0 Å². The van der Waals surface area contributed by atoms with Crippen LogP contribution in [-0.2, 0) is 18.0 Å². The summed E-state index contributed by atoms with van der Waals surface area (Å²) in [6.07, 6.45) is -1.06. The fraction of sp³-hybridized carbons (Fsp3) is 0.200. The second-order valence-electron chi connectivity index (χ2n) is 6.26. The zero-order valence-corrected chi connectivity index (χ0v) is 16.0. The standard InChI is InChI=1S/C20H17ClF3N3O2/c1-27-11-10-25-19(27)18(13-2-6-15(21)7-3-13)26-17(28)12-29-16-8-4-14(5-9-16)20(22,23)24/h2-11,18H,12H2,1H3,(H,26,28)/t18-/m0/s1. The monoisotopic (exact) mass is 423 g/mol. The van der Waals surface area contributed by atoms with Gasteiger partial charge in [0, 0.05) is 24.5 Å². The zero-order valence-electron chi connectivity index (χ0n) is 15.3. The molecule has 1 N–H and O–H groups in total. The van der Waals surface area contributed by atoms with Crippen LogP contribution in [0.2, 0.25) is 5.02 Å². The molecule has 0 aliphatic carbocycles. The molecular weight excluding hydrogens is 407 g/mol. The molecule has 1 heterocycles. The molecule has 152 valence electrons. The van der Waals surface area contributed by atoms with Crippen LogP contribution in [0.1, 0.15) is 23.0 Å². The molecular formula is C20H17ClF3N3O2. The number of ether oxygens (including phenoxy) is 1. The number of carbonyl (C=O) groups excluding carboxylic acids is 1. The molecule has 3 rings (SSSR count). The Balaban J connectivity index is 1.69. The van der Waals surface area contributed by atoms with Gasteiger partial charge in [-0.05, 0) is 42.0 Å². The number of aryl methyl sites for hydroxylation is 1. The van der Waals surface area contributed by atoms with Crippen molar-refractivity contribution in [3.8, 4) is 5.75 Å². The van der Waals surface area contributed by atoms with E-state index in [2.05, 4.69) is 10.3 Å². The van der Waals surface area contributed by atoms with E-state index < -0.39 is 23.7 Å². The summed E-state index contributed by atoms with van der Waals surface area (Å²) in [5.74, 6) is 0.316. The highest BCUT2D eigenvalue weighted by molar-refractivity contribution is 6.30. The van der Waals surface area contributed by atoms with Crippen LogP contribution in [-0.4, -0.2) is 22.1 Å². The van der Waals surface area contributed by atoms with E-state index in [0.29, 0.717) is 10.8 Å². The summed E-state index contributed by atoms with van der Waals surface area (Å²) in [5, 5.41) is 3.39. The third-order valence-corrected chi connectivity index (χ3v) is 4.43. The summed E-state index contributed by atoms with van der Waals surface area (Å²) in [7, 11) is 1.80. The molecule has 9 heteroatoms. The van der Waals surface area contributed by atoms with Gasteiger partial charge in [-0.25, -0.2) is 4.98 Å². The van der Waals surface area contributed by atoms with Crippen molar-refractivity contribution in [3.05, 3.63) is 82.9 Å². The molecule has 1 amide bonds. The Hall–Kier alpha value is -3.00. The Morgan fingerprint density at radius 2 is 1.83 bits per heavy atom. The van der Waals surface area contributed by atoms with Crippen LogP contribution in [0.4, 0.5) is 13.2 Å². The smallest absolute Gasteiger partial charge is 0.416 e. The summed E-state index contributed by atoms with van der Waals surface area (Å²) < 4.78 is 44.9. The van der Waals surface area contributed by atoms with Gasteiger partial charge in [0.05, 0.1) is 5.56 Å². The Morgan fingerprint density at radius 3 is 2.38 bits per heavy atom. The van der Waals surface area contributed by atoms with Crippen molar-refractivity contribution in [2.45, 2.75) is 12.2 Å². The van der Waals surface area contributed by atoms with Crippen molar-refractivity contribution in [2.24, 2.45) is 7.05 Å². The lowest BCUT2D eigenvalue weighted by Crippen LogP contribution is -2.34. The fourth-order valence-electron chi connectivity index (χ4n) is 2.70. The van der Waals surface area contributed by atoms with Gasteiger partial charge in [0.2, 0.25) is 0 Å². The number of hydrogen-bond donors (Lipinski definition) is 1. The highest BCUT2D eigenvalue weighted by Gasteiger charge is 2.30. The van der Waals surface area contributed by atoms with Crippen molar-refractivity contribution < 1.29 is 22.7 Å². The van der Waals surface area contributed by atoms with Gasteiger partial charge in [-0.2, -0.15) is 13.2 Å². The zero-order chi connectivity index (χ0) is 21.0. The lowest BCUT2D eigenvalue weighted by atomic mass is 10.1. The highest BCUT2D eigenvalue weighted by Crippen LogP contribution is 2.30. The predicted octanol–water partition coefficient (Wildman–Crippen LogP) is 4.38. The number of nitrogens with zero attached hydrogens (tertiary/aromatic N) is 2. The normalized spacial score (nSPS) is 12.4. The summed E-state index contributed by atoms with van der Waals surface area (Å²) in [5.41, 5.74) is -0.0153. The molecule has 0 unspecified atom stereocenters. The lowest BCUT2D eigenvalue weighted by molar-refractivity contribution is -0.137. The van der Waals surface area contributed by atoms with E-state index in [1.54, 1.807) is 48.3 Å². The number of aromatic nitrogens is 2. The first-order chi connectivity index (χ1) is 13.7. The number of carbonyl (C=O) groups is 1. The van der Waals surface area contributed by atoms with E-state index in [1.807, 2.05) is 0 Å². The molecule has 0 spiro atoms. The minimum absolute atomic E-state index is 0.160. The molecule has 1 atom stereocenters. The van der Waals surface area contributed by atoms with E-state index in [9.17, 15) is 18.0 Å². The van der Waals surface area contributed by atoms with Crippen molar-refractivity contribution in [3.63, 3.8) is 0 Å². The first-order valence-corrected chi connectivity index (χ1v) is 8.94. The fourth-order valence-corrected chi connectivity index (χ4v) is 2.83. The number of rotatable bonds is 6. The molecule has 0 radical (unpaired) electrons. The Morgan fingerprint density at radius 1 is 1.17 bits per heavy atom. The number of benzene rings is 2.